The Balaban J connectivity index is 1.68. The Kier molecular flexibility index (Phi) is 7.66. The molecule has 2 N–H and O–H groups in total. The maximum absolute atomic E-state index is 12.3. The molecule has 3 atom stereocenters. The van der Waals surface area contributed by atoms with Crippen molar-refractivity contribution in [3.63, 3.8) is 0 Å². The molecule has 0 saturated carbocycles. The molecule has 2 aliphatic heterocycles. The van der Waals surface area contributed by atoms with Gasteiger partial charge in [-0.05, 0) is 45.1 Å². The SMILES string of the molecule is CSCC[C@H](N)C(=O)N1CCN(CCN2[C@@H](C)CC[C@@H]2C)CC1. The van der Waals surface area contributed by atoms with Crippen LogP contribution in [0.3, 0.4) is 0 Å². The fraction of sp³-hybridized carbons (Fsp3) is 0.941. The van der Waals surface area contributed by atoms with Crippen molar-refractivity contribution in [3.05, 3.63) is 0 Å². The molecule has 0 unspecified atom stereocenters. The van der Waals surface area contributed by atoms with Crippen LogP contribution in [-0.4, -0.2) is 90.0 Å². The fourth-order valence-corrected chi connectivity index (χ4v) is 4.23. The van der Waals surface area contributed by atoms with Crippen LogP contribution in [0.15, 0.2) is 0 Å². The molecule has 1 amide bonds. The number of amides is 1. The molecule has 0 aromatic rings. The molecule has 6 heteroatoms. The summed E-state index contributed by atoms with van der Waals surface area (Å²) in [4.78, 5) is 19.4. The lowest BCUT2D eigenvalue weighted by Crippen LogP contribution is -2.54. The maximum Gasteiger partial charge on any atom is 0.239 e. The number of rotatable bonds is 7. The van der Waals surface area contributed by atoms with Crippen molar-refractivity contribution in [2.45, 2.75) is 51.2 Å². The summed E-state index contributed by atoms with van der Waals surface area (Å²) in [6.45, 7) is 10.6. The zero-order valence-electron chi connectivity index (χ0n) is 15.0. The minimum Gasteiger partial charge on any atom is -0.339 e. The molecule has 0 spiro atoms. The van der Waals surface area contributed by atoms with E-state index in [4.69, 9.17) is 5.73 Å². The van der Waals surface area contributed by atoms with Gasteiger partial charge in [0, 0.05) is 51.4 Å². The van der Waals surface area contributed by atoms with Crippen LogP contribution in [0.1, 0.15) is 33.1 Å². The highest BCUT2D eigenvalue weighted by Gasteiger charge is 2.28. The quantitative estimate of drug-likeness (QED) is 0.750. The van der Waals surface area contributed by atoms with Crippen LogP contribution in [0.5, 0.6) is 0 Å². The number of thioether (sulfide) groups is 1. The van der Waals surface area contributed by atoms with E-state index in [-0.39, 0.29) is 11.9 Å². The van der Waals surface area contributed by atoms with Crippen molar-refractivity contribution < 1.29 is 4.79 Å². The standard InChI is InChI=1S/C17H34N4OS/c1-14-4-5-15(2)21(14)12-9-19-7-10-20(11-8-19)17(22)16(18)6-13-23-3/h14-16H,4-13,18H2,1-3H3/t14-,15-,16-/m0/s1. The van der Waals surface area contributed by atoms with Gasteiger partial charge in [0.1, 0.15) is 0 Å². The summed E-state index contributed by atoms with van der Waals surface area (Å²) in [6, 6.07) is 1.13. The summed E-state index contributed by atoms with van der Waals surface area (Å²) in [6.07, 6.45) is 5.50. The predicted molar refractivity (Wildman–Crippen MR) is 98.9 cm³/mol. The number of nitrogens with zero attached hydrogens (tertiary/aromatic N) is 3. The van der Waals surface area contributed by atoms with Crippen LogP contribution >= 0.6 is 11.8 Å². The Labute approximate surface area is 145 Å². The van der Waals surface area contributed by atoms with Gasteiger partial charge in [0.05, 0.1) is 6.04 Å². The molecule has 2 heterocycles. The van der Waals surface area contributed by atoms with E-state index >= 15 is 0 Å². The van der Waals surface area contributed by atoms with Gasteiger partial charge >= 0.3 is 0 Å². The normalized spacial score (nSPS) is 28.3. The highest BCUT2D eigenvalue weighted by atomic mass is 32.2. The third kappa shape index (κ3) is 5.34. The lowest BCUT2D eigenvalue weighted by atomic mass is 10.2. The van der Waals surface area contributed by atoms with Gasteiger partial charge in [-0.15, -0.1) is 0 Å². The maximum atomic E-state index is 12.3. The number of hydrogen-bond acceptors (Lipinski definition) is 5. The van der Waals surface area contributed by atoms with Crippen molar-refractivity contribution in [2.24, 2.45) is 5.73 Å². The van der Waals surface area contributed by atoms with Gasteiger partial charge < -0.3 is 10.6 Å². The third-order valence-electron chi connectivity index (χ3n) is 5.44. The van der Waals surface area contributed by atoms with E-state index < -0.39 is 0 Å². The molecule has 0 aliphatic carbocycles. The van der Waals surface area contributed by atoms with Gasteiger partial charge in [0.2, 0.25) is 5.91 Å². The number of hydrogen-bond donors (Lipinski definition) is 1. The third-order valence-corrected chi connectivity index (χ3v) is 6.09. The molecule has 23 heavy (non-hydrogen) atoms. The van der Waals surface area contributed by atoms with E-state index in [1.54, 1.807) is 11.8 Å². The largest absolute Gasteiger partial charge is 0.339 e. The van der Waals surface area contributed by atoms with Crippen molar-refractivity contribution in [2.75, 3.05) is 51.3 Å². The monoisotopic (exact) mass is 342 g/mol. The topological polar surface area (TPSA) is 52.8 Å². The minimum atomic E-state index is -0.319. The Bertz CT molecular complexity index is 364. The average Bonchev–Trinajstić information content (AvgIpc) is 2.89. The van der Waals surface area contributed by atoms with Crippen LogP contribution in [0.25, 0.3) is 0 Å². The first-order valence-electron chi connectivity index (χ1n) is 9.04. The first-order chi connectivity index (χ1) is 11.0. The van der Waals surface area contributed by atoms with Gasteiger partial charge in [-0.25, -0.2) is 0 Å². The zero-order chi connectivity index (χ0) is 16.8. The van der Waals surface area contributed by atoms with Crippen molar-refractivity contribution in [1.82, 2.24) is 14.7 Å². The first-order valence-corrected chi connectivity index (χ1v) is 10.4. The molecule has 0 aromatic heterocycles. The molecule has 0 bridgehead atoms. The van der Waals surface area contributed by atoms with Crippen LogP contribution in [-0.2, 0) is 4.79 Å². The van der Waals surface area contributed by atoms with Crippen molar-refractivity contribution in [1.29, 1.82) is 0 Å². The summed E-state index contributed by atoms with van der Waals surface area (Å²) >= 11 is 1.75. The molecule has 2 saturated heterocycles. The summed E-state index contributed by atoms with van der Waals surface area (Å²) in [5.74, 6) is 1.10. The lowest BCUT2D eigenvalue weighted by Gasteiger charge is -2.37. The second kappa shape index (κ2) is 9.25. The average molecular weight is 343 g/mol. The number of nitrogens with two attached hydrogens (primary N) is 1. The van der Waals surface area contributed by atoms with Gasteiger partial charge in [-0.2, -0.15) is 11.8 Å². The summed E-state index contributed by atoms with van der Waals surface area (Å²) in [7, 11) is 0. The van der Waals surface area contributed by atoms with Crippen molar-refractivity contribution in [3.8, 4) is 0 Å². The number of likely N-dealkylation sites (tertiary alicyclic amines) is 1. The Morgan fingerprint density at radius 3 is 2.30 bits per heavy atom. The molecule has 2 aliphatic rings. The van der Waals surface area contributed by atoms with Crippen LogP contribution in [0.2, 0.25) is 0 Å². The van der Waals surface area contributed by atoms with E-state index in [9.17, 15) is 4.79 Å². The number of carbonyl (C=O) groups is 1. The summed E-state index contributed by atoms with van der Waals surface area (Å²) in [5, 5.41) is 0. The second-order valence-electron chi connectivity index (χ2n) is 7.07. The molecular formula is C17H34N4OS. The van der Waals surface area contributed by atoms with Gasteiger partial charge in [0.15, 0.2) is 0 Å². The number of piperazine rings is 1. The van der Waals surface area contributed by atoms with Crippen LogP contribution in [0.4, 0.5) is 0 Å². The Morgan fingerprint density at radius 2 is 1.74 bits per heavy atom. The smallest absolute Gasteiger partial charge is 0.239 e. The molecule has 0 radical (unpaired) electrons. The molecule has 5 nitrogen and oxygen atoms in total. The molecule has 2 fully saturated rings. The number of carbonyl (C=O) groups excluding carboxylic acids is 1. The van der Waals surface area contributed by atoms with E-state index in [2.05, 4.69) is 29.9 Å². The van der Waals surface area contributed by atoms with Crippen LogP contribution < -0.4 is 5.73 Å². The molecular weight excluding hydrogens is 308 g/mol. The van der Waals surface area contributed by atoms with Gasteiger partial charge in [-0.3, -0.25) is 14.6 Å². The van der Waals surface area contributed by atoms with E-state index in [1.165, 1.54) is 12.8 Å². The predicted octanol–water partition coefficient (Wildman–Crippen LogP) is 1.08. The van der Waals surface area contributed by atoms with Gasteiger partial charge in [0.25, 0.3) is 0 Å². The highest BCUT2D eigenvalue weighted by Crippen LogP contribution is 2.22. The molecule has 0 aromatic carbocycles. The Hall–Kier alpha value is -0.300. The highest BCUT2D eigenvalue weighted by molar-refractivity contribution is 7.98. The summed E-state index contributed by atoms with van der Waals surface area (Å²) in [5.41, 5.74) is 6.02. The lowest BCUT2D eigenvalue weighted by molar-refractivity contribution is -0.134. The van der Waals surface area contributed by atoms with Crippen molar-refractivity contribution >= 4 is 17.7 Å². The Morgan fingerprint density at radius 1 is 1.13 bits per heavy atom. The molecule has 2 rings (SSSR count). The molecule has 134 valence electrons. The van der Waals surface area contributed by atoms with E-state index in [0.29, 0.717) is 0 Å². The summed E-state index contributed by atoms with van der Waals surface area (Å²) < 4.78 is 0. The van der Waals surface area contributed by atoms with E-state index in [1.807, 2.05) is 4.90 Å². The first kappa shape index (κ1) is 19.0. The second-order valence-corrected chi connectivity index (χ2v) is 8.05. The zero-order valence-corrected chi connectivity index (χ0v) is 15.9. The fourth-order valence-electron chi connectivity index (χ4n) is 3.74. The minimum absolute atomic E-state index is 0.139. The van der Waals surface area contributed by atoms with Crippen LogP contribution in [0, 0.1) is 0 Å². The van der Waals surface area contributed by atoms with Gasteiger partial charge in [-0.1, -0.05) is 0 Å². The van der Waals surface area contributed by atoms with E-state index in [0.717, 1.165) is 63.5 Å².